The van der Waals surface area contributed by atoms with E-state index in [-0.39, 0.29) is 6.54 Å². The first-order valence-corrected chi connectivity index (χ1v) is 9.11. The molecule has 0 aliphatic rings. The van der Waals surface area contributed by atoms with Crippen molar-refractivity contribution in [1.29, 1.82) is 0 Å². The van der Waals surface area contributed by atoms with Crippen molar-refractivity contribution >= 4 is 29.5 Å². The molecular formula is C22H24N2O6. The Balaban J connectivity index is 1.75. The first-order valence-electron chi connectivity index (χ1n) is 9.11. The van der Waals surface area contributed by atoms with Gasteiger partial charge in [-0.15, -0.1) is 0 Å². The minimum Gasteiger partial charge on any atom is -0.497 e. The third-order valence-electron chi connectivity index (χ3n) is 3.93. The summed E-state index contributed by atoms with van der Waals surface area (Å²) in [5.74, 6) is -0.536. The molecule has 0 radical (unpaired) electrons. The Kier molecular flexibility index (Phi) is 8.43. The Morgan fingerprint density at radius 1 is 1.00 bits per heavy atom. The zero-order valence-electron chi connectivity index (χ0n) is 17.1. The van der Waals surface area contributed by atoms with Crippen molar-refractivity contribution in [2.75, 3.05) is 32.7 Å². The number of methoxy groups -OCH3 is 2. The Bertz CT molecular complexity index is 939. The zero-order valence-corrected chi connectivity index (χ0v) is 17.1. The number of benzene rings is 2. The number of carbonyl (C=O) groups excluding carboxylic acids is 3. The third kappa shape index (κ3) is 7.31. The maximum Gasteiger partial charge on any atom is 0.331 e. The maximum atomic E-state index is 12.0. The Labute approximate surface area is 174 Å². The highest BCUT2D eigenvalue weighted by atomic mass is 16.5. The Hall–Kier alpha value is -3.81. The van der Waals surface area contributed by atoms with Crippen molar-refractivity contribution < 1.29 is 28.6 Å². The van der Waals surface area contributed by atoms with Crippen LogP contribution < -0.4 is 20.1 Å². The van der Waals surface area contributed by atoms with Crippen molar-refractivity contribution in [3.05, 3.63) is 59.7 Å². The van der Waals surface area contributed by atoms with Crippen LogP contribution in [0.3, 0.4) is 0 Å². The Morgan fingerprint density at radius 2 is 1.80 bits per heavy atom. The van der Waals surface area contributed by atoms with E-state index in [9.17, 15) is 14.4 Å². The van der Waals surface area contributed by atoms with E-state index in [1.165, 1.54) is 13.2 Å². The van der Waals surface area contributed by atoms with E-state index in [1.807, 2.05) is 13.0 Å². The van der Waals surface area contributed by atoms with Gasteiger partial charge in [-0.1, -0.05) is 18.2 Å². The normalized spacial score (nSPS) is 10.4. The van der Waals surface area contributed by atoms with E-state index in [4.69, 9.17) is 14.2 Å². The second kappa shape index (κ2) is 11.3. The zero-order chi connectivity index (χ0) is 21.9. The second-order valence-electron chi connectivity index (χ2n) is 6.25. The van der Waals surface area contributed by atoms with Crippen molar-refractivity contribution in [3.8, 4) is 11.5 Å². The van der Waals surface area contributed by atoms with E-state index < -0.39 is 24.4 Å². The van der Waals surface area contributed by atoms with Crippen LogP contribution in [0.15, 0.2) is 48.5 Å². The van der Waals surface area contributed by atoms with E-state index in [0.717, 1.165) is 11.1 Å². The van der Waals surface area contributed by atoms with Gasteiger partial charge in [0.1, 0.15) is 11.5 Å². The van der Waals surface area contributed by atoms with Gasteiger partial charge in [0.2, 0.25) is 5.91 Å². The fraction of sp³-hybridized carbons (Fsp3) is 0.227. The molecule has 0 bridgehead atoms. The number of rotatable bonds is 9. The fourth-order valence-corrected chi connectivity index (χ4v) is 2.44. The first-order chi connectivity index (χ1) is 14.4. The molecule has 0 unspecified atom stereocenters. The fourth-order valence-electron chi connectivity index (χ4n) is 2.44. The third-order valence-corrected chi connectivity index (χ3v) is 3.93. The lowest BCUT2D eigenvalue weighted by atomic mass is 10.2. The molecule has 2 N–H and O–H groups in total. The number of ether oxygens (including phenoxy) is 3. The highest BCUT2D eigenvalue weighted by Crippen LogP contribution is 2.24. The van der Waals surface area contributed by atoms with E-state index in [1.54, 1.807) is 49.6 Å². The summed E-state index contributed by atoms with van der Waals surface area (Å²) in [6, 6.07) is 12.5. The first kappa shape index (κ1) is 22.5. The van der Waals surface area contributed by atoms with Gasteiger partial charge in [-0.2, -0.15) is 0 Å². The molecule has 0 atom stereocenters. The lowest BCUT2D eigenvalue weighted by Crippen LogP contribution is -2.35. The number of amides is 2. The SMILES string of the molecule is COc1cccc(/C=C/C(=O)OCC(=O)NCC(=O)Nc2cc(C)ccc2OC)c1. The van der Waals surface area contributed by atoms with Gasteiger partial charge in [-0.25, -0.2) is 4.79 Å². The summed E-state index contributed by atoms with van der Waals surface area (Å²) in [6.45, 7) is 1.11. The molecule has 0 aliphatic heterocycles. The quantitative estimate of drug-likeness (QED) is 0.484. The molecule has 0 saturated carbocycles. The number of hydrogen-bond acceptors (Lipinski definition) is 6. The second-order valence-corrected chi connectivity index (χ2v) is 6.25. The standard InChI is InChI=1S/C22H24N2O6/c1-15-7-9-19(29-3)18(11-15)24-20(25)13-23-21(26)14-30-22(27)10-8-16-5-4-6-17(12-16)28-2/h4-12H,13-14H2,1-3H3,(H,23,26)(H,24,25)/b10-8+. The van der Waals surface area contributed by atoms with Crippen LogP contribution >= 0.6 is 0 Å². The molecule has 158 valence electrons. The molecule has 8 heteroatoms. The molecule has 0 saturated heterocycles. The van der Waals surface area contributed by atoms with Crippen LogP contribution in [0.25, 0.3) is 6.08 Å². The minimum atomic E-state index is -0.679. The number of aryl methyl sites for hydroxylation is 1. The van der Waals surface area contributed by atoms with Crippen LogP contribution in [0.4, 0.5) is 5.69 Å². The van der Waals surface area contributed by atoms with E-state index in [0.29, 0.717) is 17.2 Å². The summed E-state index contributed by atoms with van der Waals surface area (Å²) >= 11 is 0. The van der Waals surface area contributed by atoms with Gasteiger partial charge >= 0.3 is 5.97 Å². The predicted molar refractivity (Wildman–Crippen MR) is 112 cm³/mol. The topological polar surface area (TPSA) is 103 Å². The van der Waals surface area contributed by atoms with E-state index >= 15 is 0 Å². The predicted octanol–water partition coefficient (Wildman–Crippen LogP) is 2.32. The van der Waals surface area contributed by atoms with Crippen LogP contribution in [0.2, 0.25) is 0 Å². The van der Waals surface area contributed by atoms with Gasteiger partial charge in [0.05, 0.1) is 26.5 Å². The van der Waals surface area contributed by atoms with Crippen LogP contribution in [0.1, 0.15) is 11.1 Å². The van der Waals surface area contributed by atoms with E-state index in [2.05, 4.69) is 10.6 Å². The summed E-state index contributed by atoms with van der Waals surface area (Å²) in [5, 5.41) is 5.05. The molecule has 2 rings (SSSR count). The van der Waals surface area contributed by atoms with Gasteiger partial charge in [-0.3, -0.25) is 9.59 Å². The summed E-state index contributed by atoms with van der Waals surface area (Å²) in [4.78, 5) is 35.6. The smallest absolute Gasteiger partial charge is 0.331 e. The number of hydrogen-bond donors (Lipinski definition) is 2. The lowest BCUT2D eigenvalue weighted by molar-refractivity contribution is -0.143. The van der Waals surface area contributed by atoms with Crippen LogP contribution in [0.5, 0.6) is 11.5 Å². The average molecular weight is 412 g/mol. The molecule has 0 fully saturated rings. The Morgan fingerprint density at radius 3 is 2.53 bits per heavy atom. The number of esters is 1. The molecule has 2 amide bonds. The molecule has 0 aliphatic carbocycles. The van der Waals surface area contributed by atoms with Gasteiger partial charge in [0.25, 0.3) is 5.91 Å². The summed E-state index contributed by atoms with van der Waals surface area (Å²) in [5.41, 5.74) is 2.20. The van der Waals surface area contributed by atoms with Crippen molar-refractivity contribution in [2.24, 2.45) is 0 Å². The van der Waals surface area contributed by atoms with Crippen LogP contribution in [0, 0.1) is 6.92 Å². The van der Waals surface area contributed by atoms with Gasteiger partial charge in [-0.05, 0) is 48.4 Å². The van der Waals surface area contributed by atoms with Crippen molar-refractivity contribution in [3.63, 3.8) is 0 Å². The number of carbonyl (C=O) groups is 3. The molecule has 2 aromatic rings. The molecule has 0 aromatic heterocycles. The molecule has 2 aromatic carbocycles. The molecule has 30 heavy (non-hydrogen) atoms. The largest absolute Gasteiger partial charge is 0.497 e. The van der Waals surface area contributed by atoms with Crippen LogP contribution in [-0.2, 0) is 19.1 Å². The van der Waals surface area contributed by atoms with Gasteiger partial charge < -0.3 is 24.8 Å². The lowest BCUT2D eigenvalue weighted by Gasteiger charge is -2.11. The highest BCUT2D eigenvalue weighted by Gasteiger charge is 2.10. The number of nitrogens with one attached hydrogen (secondary N) is 2. The summed E-state index contributed by atoms with van der Waals surface area (Å²) in [7, 11) is 3.05. The summed E-state index contributed by atoms with van der Waals surface area (Å²) < 4.78 is 15.2. The minimum absolute atomic E-state index is 0.271. The monoisotopic (exact) mass is 412 g/mol. The summed E-state index contributed by atoms with van der Waals surface area (Å²) in [6.07, 6.45) is 2.75. The van der Waals surface area contributed by atoms with Gasteiger partial charge in [0.15, 0.2) is 6.61 Å². The molecule has 0 heterocycles. The molecular weight excluding hydrogens is 388 g/mol. The van der Waals surface area contributed by atoms with Gasteiger partial charge in [0, 0.05) is 6.08 Å². The van der Waals surface area contributed by atoms with Crippen molar-refractivity contribution in [2.45, 2.75) is 6.92 Å². The molecule has 8 nitrogen and oxygen atoms in total. The average Bonchev–Trinajstić information content (AvgIpc) is 2.75. The molecule has 0 spiro atoms. The number of anilines is 1. The maximum absolute atomic E-state index is 12.0. The van der Waals surface area contributed by atoms with Crippen LogP contribution in [-0.4, -0.2) is 45.2 Å². The highest BCUT2D eigenvalue weighted by molar-refractivity contribution is 5.96. The van der Waals surface area contributed by atoms with Crippen molar-refractivity contribution in [1.82, 2.24) is 5.32 Å².